The van der Waals surface area contributed by atoms with Crippen LogP contribution in [0.25, 0.3) is 0 Å². The molecule has 0 amide bonds. The largest absolute Gasteiger partial charge is 0.354 e. The lowest BCUT2D eigenvalue weighted by atomic mass is 10.1. The second-order valence-corrected chi connectivity index (χ2v) is 5.52. The summed E-state index contributed by atoms with van der Waals surface area (Å²) in [5.41, 5.74) is 0.925. The van der Waals surface area contributed by atoms with Crippen LogP contribution in [0.15, 0.2) is 12.1 Å². The molecular formula is C14H23ClN4. The summed E-state index contributed by atoms with van der Waals surface area (Å²) in [7, 11) is 4.11. The molecule has 0 saturated carbocycles. The molecule has 1 unspecified atom stereocenters. The van der Waals surface area contributed by atoms with Gasteiger partial charge in [-0.05, 0) is 32.6 Å². The van der Waals surface area contributed by atoms with Crippen LogP contribution in [0.2, 0.25) is 5.02 Å². The molecule has 1 saturated heterocycles. The Hall–Kier alpha value is -0.840. The van der Waals surface area contributed by atoms with E-state index in [-0.39, 0.29) is 0 Å². The number of piperazine rings is 1. The minimum absolute atomic E-state index is 0.610. The van der Waals surface area contributed by atoms with Crippen molar-refractivity contribution in [2.45, 2.75) is 25.9 Å². The quantitative estimate of drug-likeness (QED) is 0.915. The predicted octanol–water partition coefficient (Wildman–Crippen LogP) is 1.98. The number of likely N-dealkylation sites (N-methyl/N-ethyl adjacent to an activating group) is 1. The monoisotopic (exact) mass is 282 g/mol. The molecule has 0 bridgehead atoms. The molecule has 1 aromatic rings. The first-order chi connectivity index (χ1) is 9.15. The molecule has 2 heterocycles. The van der Waals surface area contributed by atoms with E-state index in [4.69, 9.17) is 16.6 Å². The first-order valence-corrected chi connectivity index (χ1v) is 7.28. The fourth-order valence-electron chi connectivity index (χ4n) is 2.54. The fourth-order valence-corrected chi connectivity index (χ4v) is 2.71. The number of hydrogen-bond acceptors (Lipinski definition) is 4. The lowest BCUT2D eigenvalue weighted by Gasteiger charge is -2.39. The van der Waals surface area contributed by atoms with Gasteiger partial charge in [-0.25, -0.2) is 4.98 Å². The number of halogens is 1. The Bertz CT molecular complexity index is 424. The third-order valence-electron chi connectivity index (χ3n) is 3.82. The van der Waals surface area contributed by atoms with Crippen LogP contribution in [0.3, 0.4) is 0 Å². The molecule has 4 nitrogen and oxygen atoms in total. The van der Waals surface area contributed by atoms with Crippen LogP contribution < -0.4 is 10.2 Å². The molecule has 0 aromatic carbocycles. The number of nitrogens with zero attached hydrogens (tertiary/aromatic N) is 3. The van der Waals surface area contributed by atoms with E-state index in [0.29, 0.717) is 12.6 Å². The Morgan fingerprint density at radius 2 is 2.21 bits per heavy atom. The van der Waals surface area contributed by atoms with Crippen LogP contribution in [0.4, 0.5) is 5.82 Å². The predicted molar refractivity (Wildman–Crippen MR) is 80.9 cm³/mol. The van der Waals surface area contributed by atoms with E-state index >= 15 is 0 Å². The van der Waals surface area contributed by atoms with Crippen molar-refractivity contribution >= 4 is 17.4 Å². The molecule has 0 aliphatic carbocycles. The maximum Gasteiger partial charge on any atom is 0.129 e. The van der Waals surface area contributed by atoms with Gasteiger partial charge in [0.15, 0.2) is 0 Å². The van der Waals surface area contributed by atoms with Crippen LogP contribution in [-0.2, 0) is 6.54 Å². The van der Waals surface area contributed by atoms with Crippen molar-refractivity contribution in [1.29, 1.82) is 0 Å². The molecule has 1 fully saturated rings. The maximum absolute atomic E-state index is 6.16. The molecule has 1 aromatic heterocycles. The van der Waals surface area contributed by atoms with Crippen LogP contribution in [-0.4, -0.2) is 49.7 Å². The summed E-state index contributed by atoms with van der Waals surface area (Å²) in [4.78, 5) is 9.49. The van der Waals surface area contributed by atoms with Gasteiger partial charge in [0.1, 0.15) is 5.82 Å². The standard InChI is InChI=1S/C14H23ClN4/c1-4-11-10-19(8-7-18(11)3)14-6-5-12(15)13(17-14)9-16-2/h5-6,11,16H,4,7-10H2,1-3H3. The van der Waals surface area contributed by atoms with Crippen LogP contribution in [0, 0.1) is 0 Å². The summed E-state index contributed by atoms with van der Waals surface area (Å²) < 4.78 is 0. The summed E-state index contributed by atoms with van der Waals surface area (Å²) in [6.45, 7) is 6.11. The van der Waals surface area contributed by atoms with Gasteiger partial charge in [-0.1, -0.05) is 18.5 Å². The second-order valence-electron chi connectivity index (χ2n) is 5.12. The lowest BCUT2D eigenvalue weighted by Crippen LogP contribution is -2.51. The van der Waals surface area contributed by atoms with Gasteiger partial charge in [0.2, 0.25) is 0 Å². The highest BCUT2D eigenvalue weighted by Crippen LogP contribution is 2.22. The number of pyridine rings is 1. The number of nitrogens with one attached hydrogen (secondary N) is 1. The first-order valence-electron chi connectivity index (χ1n) is 6.91. The van der Waals surface area contributed by atoms with E-state index < -0.39 is 0 Å². The van der Waals surface area contributed by atoms with Crippen molar-refractivity contribution in [3.05, 3.63) is 22.8 Å². The topological polar surface area (TPSA) is 31.4 Å². The van der Waals surface area contributed by atoms with Gasteiger partial charge < -0.3 is 10.2 Å². The molecule has 1 atom stereocenters. The highest BCUT2D eigenvalue weighted by atomic mass is 35.5. The van der Waals surface area contributed by atoms with Gasteiger partial charge in [-0.15, -0.1) is 0 Å². The van der Waals surface area contributed by atoms with E-state index in [1.807, 2.05) is 19.2 Å². The average Bonchev–Trinajstić information content (AvgIpc) is 2.42. The van der Waals surface area contributed by atoms with Crippen molar-refractivity contribution in [2.75, 3.05) is 38.6 Å². The minimum Gasteiger partial charge on any atom is -0.354 e. The van der Waals surface area contributed by atoms with Crippen molar-refractivity contribution in [3.8, 4) is 0 Å². The van der Waals surface area contributed by atoms with E-state index in [9.17, 15) is 0 Å². The molecule has 2 rings (SSSR count). The SMILES string of the molecule is CCC1CN(c2ccc(Cl)c(CNC)n2)CCN1C. The Labute approximate surface area is 120 Å². The number of rotatable bonds is 4. The molecule has 1 aliphatic rings. The Morgan fingerprint density at radius 1 is 1.42 bits per heavy atom. The number of hydrogen-bond donors (Lipinski definition) is 1. The van der Waals surface area contributed by atoms with E-state index in [2.05, 4.69) is 29.1 Å². The highest BCUT2D eigenvalue weighted by Gasteiger charge is 2.23. The molecule has 106 valence electrons. The Morgan fingerprint density at radius 3 is 2.89 bits per heavy atom. The van der Waals surface area contributed by atoms with Gasteiger partial charge in [0.25, 0.3) is 0 Å². The molecule has 1 N–H and O–H groups in total. The lowest BCUT2D eigenvalue weighted by molar-refractivity contribution is 0.213. The normalized spacial score (nSPS) is 20.8. The zero-order valence-corrected chi connectivity index (χ0v) is 12.7. The molecule has 0 spiro atoms. The number of anilines is 1. The summed E-state index contributed by atoms with van der Waals surface area (Å²) in [5.74, 6) is 1.04. The molecule has 19 heavy (non-hydrogen) atoms. The highest BCUT2D eigenvalue weighted by molar-refractivity contribution is 6.31. The average molecular weight is 283 g/mol. The third kappa shape index (κ3) is 3.38. The Balaban J connectivity index is 2.15. The van der Waals surface area contributed by atoms with Crippen LogP contribution >= 0.6 is 11.6 Å². The second kappa shape index (κ2) is 6.55. The fraction of sp³-hybridized carbons (Fsp3) is 0.643. The van der Waals surface area contributed by atoms with Crippen molar-refractivity contribution < 1.29 is 0 Å². The van der Waals surface area contributed by atoms with Gasteiger partial charge in [0.05, 0.1) is 10.7 Å². The molecule has 0 radical (unpaired) electrons. The van der Waals surface area contributed by atoms with Crippen molar-refractivity contribution in [2.24, 2.45) is 0 Å². The van der Waals surface area contributed by atoms with Gasteiger partial charge >= 0.3 is 0 Å². The van der Waals surface area contributed by atoms with Gasteiger partial charge in [0, 0.05) is 32.2 Å². The maximum atomic E-state index is 6.16. The number of aromatic nitrogens is 1. The van der Waals surface area contributed by atoms with E-state index in [1.54, 1.807) is 0 Å². The zero-order valence-electron chi connectivity index (χ0n) is 12.0. The van der Waals surface area contributed by atoms with E-state index in [0.717, 1.165) is 36.2 Å². The van der Waals surface area contributed by atoms with Crippen molar-refractivity contribution in [1.82, 2.24) is 15.2 Å². The minimum atomic E-state index is 0.610. The van der Waals surface area contributed by atoms with E-state index in [1.165, 1.54) is 6.42 Å². The molecule has 1 aliphatic heterocycles. The summed E-state index contributed by atoms with van der Waals surface area (Å²) >= 11 is 6.16. The summed E-state index contributed by atoms with van der Waals surface area (Å²) in [6, 6.07) is 4.59. The summed E-state index contributed by atoms with van der Waals surface area (Å²) in [5, 5.41) is 3.84. The third-order valence-corrected chi connectivity index (χ3v) is 4.16. The summed E-state index contributed by atoms with van der Waals surface area (Å²) in [6.07, 6.45) is 1.17. The van der Waals surface area contributed by atoms with Gasteiger partial charge in [-0.2, -0.15) is 0 Å². The van der Waals surface area contributed by atoms with Crippen LogP contribution in [0.5, 0.6) is 0 Å². The smallest absolute Gasteiger partial charge is 0.129 e. The molecular weight excluding hydrogens is 260 g/mol. The Kier molecular flexibility index (Phi) is 5.02. The van der Waals surface area contributed by atoms with Crippen molar-refractivity contribution in [3.63, 3.8) is 0 Å². The molecule has 5 heteroatoms. The van der Waals surface area contributed by atoms with Crippen LogP contribution in [0.1, 0.15) is 19.0 Å². The zero-order chi connectivity index (χ0) is 13.8. The van der Waals surface area contributed by atoms with Gasteiger partial charge in [-0.3, -0.25) is 4.90 Å². The first kappa shape index (κ1) is 14.6.